The molecule has 2 fully saturated rings. The Morgan fingerprint density at radius 2 is 1.12 bits per heavy atom. The SMILES string of the molecule is CC(=O)N[C@H]1C(O)[C@H](O)C(CO)O[C@H]1O[C@@H]1c2ccc(c(Cl)c2)Oc2cc3cc(c2O[C@@H]2OC(CO)[C@@H](O)[C@H](O)C2NC(=O)Cc2ccc(-c4ccccc4)cc2)Oc2ccc(cc2Cl)C[C@H]2NC(=O)[C@H](N)c4ccc(O)c(c4)Oc4cc(O)cc(c4)[C@H](NC2=O)C(=O)N[C@H]3C(=O)N[C@H]2C(=O)N[C@@H]1C(=O)N[C@H](C(=O)O)c1cc(O)cc(C)c1-c1cc2ccc1I. The third-order valence-electron chi connectivity index (χ3n) is 22.0. The standard InChI is InChI=1S/C87H80Cl2IN9O26/c1-35-20-46(103)32-50-64(35)49-26-42(13-16-53(49)90)66-81(113)99-72(84(116)98-69(50)85(117)118)77(124-86-70(92-36(2)102)75(109)73(107)61(33-100)122-86)43-15-19-57(52(89)27-43)121-60-30-45-29-59(78(60)125-87-71(76(110)74(108)62(34-101)123-87)94-63(106)23-37-8-11-40(12-9-37)39-6-4-3-5-7-39)120-56-18-10-38(21-51(56)88)22-54-79(111)95-67(82(114)97-68(45)83(115)96-66)44-24-47(104)31-48(25-44)119-58-28-41(14-17-55(58)105)65(91)80(112)93-54/h3-21,24-32,54,61-62,65-77,86-87,100-101,103-105,107-110H,22-23,33-34,91H2,1-2H3,(H,92,102)(H,93,112)(H,94,106)(H,95,111)(H,96,115)(H,97,114)(H,98,116)(H,99,113)(H,117,118)/t54-,61?,62?,65-,66-,67+,68-,69+,70+,71?,72+,73-,74-,75?,76-,77-,86+,87+/m1/s1. The van der Waals surface area contributed by atoms with E-state index in [1.165, 1.54) is 79.7 Å². The molecule has 20 N–H and O–H groups in total. The van der Waals surface area contributed by atoms with Gasteiger partial charge in [-0.05, 0) is 187 Å². The molecule has 9 aromatic rings. The van der Waals surface area contributed by atoms with Crippen molar-refractivity contribution in [1.29, 1.82) is 0 Å². The summed E-state index contributed by atoms with van der Waals surface area (Å²) in [5.74, 6) is -15.8. The molecule has 35 nitrogen and oxygen atoms in total. The molecule has 0 aromatic heterocycles. The summed E-state index contributed by atoms with van der Waals surface area (Å²) in [6, 6.07) is 21.4. The minimum Gasteiger partial charge on any atom is -0.508 e. The second kappa shape index (κ2) is 36.5. The highest BCUT2D eigenvalue weighted by Crippen LogP contribution is 2.50. The van der Waals surface area contributed by atoms with Crippen LogP contribution in [0.15, 0.2) is 170 Å². The smallest absolute Gasteiger partial charge is 0.330 e. The fourth-order valence-electron chi connectivity index (χ4n) is 15.7. The van der Waals surface area contributed by atoms with Crippen LogP contribution in [0, 0.1) is 10.5 Å². The van der Waals surface area contributed by atoms with Crippen molar-refractivity contribution in [2.24, 2.45) is 5.73 Å². The number of nitrogens with one attached hydrogen (secondary N) is 8. The molecule has 17 rings (SSSR count). The number of hydrogen-bond donors (Lipinski definition) is 19. The van der Waals surface area contributed by atoms with Crippen molar-refractivity contribution >= 4 is 99.0 Å². The highest BCUT2D eigenvalue weighted by Gasteiger charge is 2.51. The van der Waals surface area contributed by atoms with Gasteiger partial charge in [0, 0.05) is 23.0 Å². The number of aromatic hydroxyl groups is 3. The number of nitrogens with two attached hydrogens (primary N) is 1. The number of carbonyl (C=O) groups is 9. The van der Waals surface area contributed by atoms with Gasteiger partial charge in [-0.2, -0.15) is 0 Å². The summed E-state index contributed by atoms with van der Waals surface area (Å²) in [6.07, 6.45) is -18.6. The average molecular weight is 1870 g/mol. The number of benzene rings is 9. The molecule has 0 radical (unpaired) electrons. The zero-order valence-corrected chi connectivity index (χ0v) is 69.3. The molecule has 8 aliphatic heterocycles. The molecule has 2 saturated heterocycles. The summed E-state index contributed by atoms with van der Waals surface area (Å²) in [6.45, 7) is 0.527. The number of carboxylic acid groups (broad SMARTS) is 1. The minimum absolute atomic E-state index is 0.0643. The van der Waals surface area contributed by atoms with Gasteiger partial charge in [0.2, 0.25) is 59.3 Å². The topological polar surface area (TPSA) is 543 Å². The minimum atomic E-state index is -2.38. The van der Waals surface area contributed by atoms with Gasteiger partial charge in [0.25, 0.3) is 0 Å². The Morgan fingerprint density at radius 3 is 1.76 bits per heavy atom. The van der Waals surface area contributed by atoms with Crippen LogP contribution in [0.25, 0.3) is 22.3 Å². The van der Waals surface area contributed by atoms with Crippen molar-refractivity contribution in [2.45, 2.75) is 136 Å². The number of carbonyl (C=O) groups excluding carboxylic acids is 8. The first-order valence-electron chi connectivity index (χ1n) is 38.9. The van der Waals surface area contributed by atoms with E-state index in [2.05, 4.69) is 42.5 Å². The quantitative estimate of drug-likeness (QED) is 0.0718. The van der Waals surface area contributed by atoms with Crippen molar-refractivity contribution < 1.29 is 127 Å². The Kier molecular flexibility index (Phi) is 25.6. The van der Waals surface area contributed by atoms with E-state index >= 15 is 24.0 Å². The van der Waals surface area contributed by atoms with Crippen molar-refractivity contribution in [2.75, 3.05) is 13.2 Å². The van der Waals surface area contributed by atoms with E-state index in [9.17, 15) is 70.2 Å². The molecule has 0 spiro atoms. The summed E-state index contributed by atoms with van der Waals surface area (Å²) in [5.41, 5.74) is 7.97. The monoisotopic (exact) mass is 1860 g/mol. The average Bonchev–Trinajstić information content (AvgIpc) is 0.765. The Hall–Kier alpha value is -12.3. The fourth-order valence-corrected chi connectivity index (χ4v) is 16.8. The van der Waals surface area contributed by atoms with E-state index in [4.69, 9.17) is 62.1 Å². The summed E-state index contributed by atoms with van der Waals surface area (Å²) in [4.78, 5) is 138. The Morgan fingerprint density at radius 1 is 0.544 bits per heavy atom. The summed E-state index contributed by atoms with van der Waals surface area (Å²) >= 11 is 16.7. The number of carboxylic acids is 1. The van der Waals surface area contributed by atoms with E-state index in [1.54, 1.807) is 24.3 Å². The first-order chi connectivity index (χ1) is 59.8. The van der Waals surface area contributed by atoms with Crippen LogP contribution in [-0.4, -0.2) is 191 Å². The molecule has 38 heteroatoms. The molecule has 125 heavy (non-hydrogen) atoms. The number of aliphatic hydroxyl groups is 6. The van der Waals surface area contributed by atoms with E-state index in [0.29, 0.717) is 9.13 Å². The Bertz CT molecular complexity index is 5780. The number of aryl methyl sites for hydroxylation is 1. The van der Waals surface area contributed by atoms with Gasteiger partial charge < -0.3 is 132 Å². The number of amides is 8. The molecule has 18 atom stereocenters. The second-order valence-corrected chi connectivity index (χ2v) is 32.5. The van der Waals surface area contributed by atoms with Gasteiger partial charge in [-0.1, -0.05) is 102 Å². The van der Waals surface area contributed by atoms with Crippen molar-refractivity contribution in [1.82, 2.24) is 42.5 Å². The molecular weight excluding hydrogens is 1780 g/mol. The number of fused-ring (bicyclic) bond motifs is 14. The fraction of sp³-hybridized carbons (Fsp3) is 0.276. The summed E-state index contributed by atoms with van der Waals surface area (Å²) in [7, 11) is 0. The van der Waals surface area contributed by atoms with Gasteiger partial charge in [0.1, 0.15) is 120 Å². The molecule has 9 aromatic carbocycles. The zero-order valence-electron chi connectivity index (χ0n) is 65.6. The number of aliphatic carboxylic acids is 1. The number of phenolic OH excluding ortho intramolecular Hbond substituents is 3. The van der Waals surface area contributed by atoms with Gasteiger partial charge >= 0.3 is 5.97 Å². The van der Waals surface area contributed by atoms with Crippen molar-refractivity contribution in [3.05, 3.63) is 234 Å². The lowest BCUT2D eigenvalue weighted by molar-refractivity contribution is -0.284. The third kappa shape index (κ3) is 18.5. The van der Waals surface area contributed by atoms with E-state index in [0.717, 1.165) is 60.5 Å². The lowest BCUT2D eigenvalue weighted by Gasteiger charge is -2.44. The van der Waals surface area contributed by atoms with Gasteiger partial charge in [0.15, 0.2) is 35.3 Å². The molecule has 0 aliphatic carbocycles. The Balaban J connectivity index is 0.973. The first-order valence-corrected chi connectivity index (χ1v) is 40.8. The highest BCUT2D eigenvalue weighted by molar-refractivity contribution is 14.1. The van der Waals surface area contributed by atoms with Gasteiger partial charge in [-0.3, -0.25) is 38.4 Å². The molecule has 4 unspecified atom stereocenters. The summed E-state index contributed by atoms with van der Waals surface area (Å²) < 4.78 is 46.2. The molecule has 17 bridgehead atoms. The van der Waals surface area contributed by atoms with Crippen LogP contribution in [0.3, 0.4) is 0 Å². The van der Waals surface area contributed by atoms with Crippen LogP contribution in [0.2, 0.25) is 10.0 Å². The predicted octanol–water partition coefficient (Wildman–Crippen LogP) is 4.96. The lowest BCUT2D eigenvalue weighted by Crippen LogP contribution is -2.65. The predicted molar refractivity (Wildman–Crippen MR) is 448 cm³/mol. The van der Waals surface area contributed by atoms with Crippen LogP contribution in [0.4, 0.5) is 0 Å². The van der Waals surface area contributed by atoms with E-state index in [1.807, 2.05) is 52.9 Å². The van der Waals surface area contributed by atoms with Gasteiger partial charge in [-0.25, -0.2) is 4.79 Å². The molecule has 8 amide bonds. The van der Waals surface area contributed by atoms with Crippen LogP contribution in [0.1, 0.15) is 93.3 Å². The maximum Gasteiger partial charge on any atom is 0.330 e. The second-order valence-electron chi connectivity index (χ2n) is 30.5. The van der Waals surface area contributed by atoms with Crippen molar-refractivity contribution in [3.63, 3.8) is 0 Å². The molecular formula is C87H80Cl2IN9O26. The first kappa shape index (κ1) is 87.6. The number of halogens is 3. The number of rotatable bonds is 12. The zero-order chi connectivity index (χ0) is 88.8. The number of ether oxygens (including phenoxy) is 7. The number of aliphatic hydroxyl groups excluding tert-OH is 6. The maximum atomic E-state index is 16.9. The number of hydrogen-bond acceptors (Lipinski definition) is 26. The highest BCUT2D eigenvalue weighted by atomic mass is 127. The van der Waals surface area contributed by atoms with Crippen LogP contribution in [0.5, 0.6) is 57.5 Å². The molecule has 0 saturated carbocycles. The maximum absolute atomic E-state index is 16.9. The normalized spacial score (nSPS) is 26.0. The van der Waals surface area contributed by atoms with E-state index in [-0.39, 0.29) is 78.8 Å². The lowest BCUT2D eigenvalue weighted by atomic mass is 9.88. The van der Waals surface area contributed by atoms with Crippen LogP contribution in [-0.2, 0) is 70.2 Å². The number of phenols is 3. The van der Waals surface area contributed by atoms with Gasteiger partial charge in [0.05, 0.1) is 29.7 Å². The van der Waals surface area contributed by atoms with Crippen LogP contribution >= 0.6 is 45.8 Å². The van der Waals surface area contributed by atoms with Gasteiger partial charge in [-0.15, -0.1) is 0 Å². The largest absolute Gasteiger partial charge is 0.508 e. The van der Waals surface area contributed by atoms with Crippen molar-refractivity contribution in [3.8, 4) is 79.7 Å². The third-order valence-corrected chi connectivity index (χ3v) is 23.5. The van der Waals surface area contributed by atoms with E-state index < -0.39 is 233 Å². The Labute approximate surface area is 733 Å². The molecule has 8 aliphatic rings. The summed E-state index contributed by atoms with van der Waals surface area (Å²) in [5, 5.41) is 134. The van der Waals surface area contributed by atoms with Crippen LogP contribution < -0.4 is 67.2 Å². The molecule has 650 valence electrons. The molecule has 8 heterocycles.